The fourth-order valence-electron chi connectivity index (χ4n) is 2.94. The van der Waals surface area contributed by atoms with Gasteiger partial charge in [-0.25, -0.2) is 0 Å². The number of nitrogens with zero attached hydrogens (tertiary/aromatic N) is 1. The van der Waals surface area contributed by atoms with Crippen LogP contribution < -0.4 is 5.32 Å². The van der Waals surface area contributed by atoms with Gasteiger partial charge in [-0.15, -0.1) is 0 Å². The number of phenols is 1. The monoisotopic (exact) mass is 276 g/mol. The van der Waals surface area contributed by atoms with E-state index in [4.69, 9.17) is 0 Å². The average molecular weight is 276 g/mol. The molecule has 2 unspecified atom stereocenters. The summed E-state index contributed by atoms with van der Waals surface area (Å²) in [6, 6.07) is 7.81. The number of phenolic OH excluding ortho intramolecular Hbond substituents is 1. The number of likely N-dealkylation sites (tertiary alicyclic amines) is 1. The molecule has 1 saturated heterocycles. The molecular formula is C17H28N2O. The van der Waals surface area contributed by atoms with Crippen molar-refractivity contribution >= 4 is 0 Å². The van der Waals surface area contributed by atoms with Gasteiger partial charge in [0.1, 0.15) is 5.75 Å². The minimum Gasteiger partial charge on any atom is -0.508 e. The van der Waals surface area contributed by atoms with Crippen molar-refractivity contribution in [3.8, 4) is 5.75 Å². The van der Waals surface area contributed by atoms with E-state index in [9.17, 15) is 5.11 Å². The summed E-state index contributed by atoms with van der Waals surface area (Å²) in [6.45, 7) is 9.23. The van der Waals surface area contributed by atoms with Gasteiger partial charge in [0.05, 0.1) is 0 Å². The van der Waals surface area contributed by atoms with E-state index in [1.54, 1.807) is 6.07 Å². The smallest absolute Gasteiger partial charge is 0.115 e. The number of hydrogen-bond donors (Lipinski definition) is 2. The predicted octanol–water partition coefficient (Wildman–Crippen LogP) is 3.16. The number of rotatable bonds is 6. The van der Waals surface area contributed by atoms with Crippen molar-refractivity contribution < 1.29 is 5.11 Å². The molecule has 0 aromatic heterocycles. The first-order valence-electron chi connectivity index (χ1n) is 7.90. The molecule has 3 nitrogen and oxygen atoms in total. The van der Waals surface area contributed by atoms with Crippen molar-refractivity contribution in [1.82, 2.24) is 10.2 Å². The number of piperidine rings is 1. The third-order valence-electron chi connectivity index (χ3n) is 4.16. The third kappa shape index (κ3) is 4.80. The molecule has 2 N–H and O–H groups in total. The minimum absolute atomic E-state index is 0.283. The molecule has 1 aliphatic rings. The van der Waals surface area contributed by atoms with E-state index >= 15 is 0 Å². The number of benzene rings is 1. The number of nitrogens with one attached hydrogen (secondary N) is 1. The van der Waals surface area contributed by atoms with Crippen LogP contribution in [0.4, 0.5) is 0 Å². The fourth-order valence-corrected chi connectivity index (χ4v) is 2.94. The Bertz CT molecular complexity index is 402. The van der Waals surface area contributed by atoms with Crippen molar-refractivity contribution in [1.29, 1.82) is 0 Å². The summed E-state index contributed by atoms with van der Waals surface area (Å²) in [5.41, 5.74) is 1.15. The molecule has 2 atom stereocenters. The van der Waals surface area contributed by atoms with E-state index in [1.165, 1.54) is 38.9 Å². The van der Waals surface area contributed by atoms with Crippen LogP contribution in [0.15, 0.2) is 24.3 Å². The van der Waals surface area contributed by atoms with Gasteiger partial charge in [0.2, 0.25) is 0 Å². The van der Waals surface area contributed by atoms with E-state index in [0.29, 0.717) is 11.7 Å². The first-order valence-corrected chi connectivity index (χ1v) is 7.90. The molecule has 0 spiro atoms. The Hall–Kier alpha value is -1.06. The quantitative estimate of drug-likeness (QED) is 0.838. The maximum absolute atomic E-state index is 9.52. The molecule has 0 aliphatic carbocycles. The predicted molar refractivity (Wildman–Crippen MR) is 84.0 cm³/mol. The Morgan fingerprint density at radius 2 is 1.95 bits per heavy atom. The Labute approximate surface area is 123 Å². The van der Waals surface area contributed by atoms with Crippen molar-refractivity contribution in [2.75, 3.05) is 26.2 Å². The molecule has 1 aromatic carbocycles. The molecule has 20 heavy (non-hydrogen) atoms. The molecule has 0 saturated carbocycles. The summed E-state index contributed by atoms with van der Waals surface area (Å²) in [5.74, 6) is 1.00. The molecule has 0 radical (unpaired) electrons. The van der Waals surface area contributed by atoms with Crippen molar-refractivity contribution in [3.05, 3.63) is 29.8 Å². The molecule has 1 fully saturated rings. The largest absolute Gasteiger partial charge is 0.508 e. The van der Waals surface area contributed by atoms with Gasteiger partial charge in [0.15, 0.2) is 0 Å². The highest BCUT2D eigenvalue weighted by molar-refractivity contribution is 5.28. The SMILES string of the molecule is CC(CNC(C)c1cccc(O)c1)CN1CCCCC1. The van der Waals surface area contributed by atoms with Crippen molar-refractivity contribution in [3.63, 3.8) is 0 Å². The van der Waals surface area contributed by atoms with Gasteiger partial charge in [-0.2, -0.15) is 0 Å². The zero-order valence-electron chi connectivity index (χ0n) is 12.8. The molecule has 1 heterocycles. The maximum atomic E-state index is 9.52. The molecule has 2 rings (SSSR count). The van der Waals surface area contributed by atoms with Crippen LogP contribution in [0.2, 0.25) is 0 Å². The van der Waals surface area contributed by atoms with Gasteiger partial charge in [0, 0.05) is 12.6 Å². The molecule has 0 bridgehead atoms. The summed E-state index contributed by atoms with van der Waals surface area (Å²) in [7, 11) is 0. The highest BCUT2D eigenvalue weighted by Crippen LogP contribution is 2.18. The van der Waals surface area contributed by atoms with E-state index in [0.717, 1.165) is 12.1 Å². The summed E-state index contributed by atoms with van der Waals surface area (Å²) < 4.78 is 0. The van der Waals surface area contributed by atoms with Crippen LogP contribution in [0.25, 0.3) is 0 Å². The second-order valence-electron chi connectivity index (χ2n) is 6.19. The fraction of sp³-hybridized carbons (Fsp3) is 0.647. The van der Waals surface area contributed by atoms with Gasteiger partial charge in [0.25, 0.3) is 0 Å². The lowest BCUT2D eigenvalue weighted by Gasteiger charge is -2.29. The highest BCUT2D eigenvalue weighted by Gasteiger charge is 2.14. The van der Waals surface area contributed by atoms with Crippen LogP contribution in [-0.4, -0.2) is 36.2 Å². The molecule has 3 heteroatoms. The van der Waals surface area contributed by atoms with Crippen LogP contribution in [0, 0.1) is 5.92 Å². The van der Waals surface area contributed by atoms with Gasteiger partial charge < -0.3 is 15.3 Å². The van der Waals surface area contributed by atoms with E-state index in [2.05, 4.69) is 30.1 Å². The van der Waals surface area contributed by atoms with Gasteiger partial charge in [-0.1, -0.05) is 25.5 Å². The standard InChI is InChI=1S/C17H28N2O/c1-14(13-19-9-4-3-5-10-19)12-18-15(2)16-7-6-8-17(20)11-16/h6-8,11,14-15,18,20H,3-5,9-10,12-13H2,1-2H3. The lowest BCUT2D eigenvalue weighted by Crippen LogP contribution is -2.37. The van der Waals surface area contributed by atoms with Crippen LogP contribution in [0.1, 0.15) is 44.7 Å². The number of aromatic hydroxyl groups is 1. The van der Waals surface area contributed by atoms with Crippen molar-refractivity contribution in [2.45, 2.75) is 39.2 Å². The lowest BCUT2D eigenvalue weighted by molar-refractivity contribution is 0.197. The molecule has 112 valence electrons. The third-order valence-corrected chi connectivity index (χ3v) is 4.16. The van der Waals surface area contributed by atoms with Gasteiger partial charge >= 0.3 is 0 Å². The first kappa shape index (κ1) is 15.3. The van der Waals surface area contributed by atoms with Crippen molar-refractivity contribution in [2.24, 2.45) is 5.92 Å². The molecular weight excluding hydrogens is 248 g/mol. The molecule has 0 amide bonds. The van der Waals surface area contributed by atoms with Crippen LogP contribution in [0.5, 0.6) is 5.75 Å². The summed E-state index contributed by atoms with van der Waals surface area (Å²) in [6.07, 6.45) is 4.12. The van der Waals surface area contributed by atoms with Crippen LogP contribution in [-0.2, 0) is 0 Å². The van der Waals surface area contributed by atoms with Crippen LogP contribution >= 0.6 is 0 Å². The van der Waals surface area contributed by atoms with E-state index < -0.39 is 0 Å². The molecule has 1 aliphatic heterocycles. The summed E-state index contributed by atoms with van der Waals surface area (Å²) in [4.78, 5) is 2.59. The topological polar surface area (TPSA) is 35.5 Å². The number of hydrogen-bond acceptors (Lipinski definition) is 3. The lowest BCUT2D eigenvalue weighted by atomic mass is 10.1. The summed E-state index contributed by atoms with van der Waals surface area (Å²) in [5, 5.41) is 13.1. The highest BCUT2D eigenvalue weighted by atomic mass is 16.3. The minimum atomic E-state index is 0.283. The molecule has 1 aromatic rings. The zero-order chi connectivity index (χ0) is 14.4. The average Bonchev–Trinajstić information content (AvgIpc) is 2.46. The normalized spacial score (nSPS) is 19.7. The van der Waals surface area contributed by atoms with E-state index in [-0.39, 0.29) is 6.04 Å². The Balaban J connectivity index is 1.73. The Morgan fingerprint density at radius 1 is 1.20 bits per heavy atom. The second kappa shape index (κ2) is 7.65. The summed E-state index contributed by atoms with van der Waals surface area (Å²) >= 11 is 0. The first-order chi connectivity index (χ1) is 9.65. The Morgan fingerprint density at radius 3 is 2.65 bits per heavy atom. The van der Waals surface area contributed by atoms with E-state index in [1.807, 2.05) is 12.1 Å². The second-order valence-corrected chi connectivity index (χ2v) is 6.19. The van der Waals surface area contributed by atoms with Crippen LogP contribution in [0.3, 0.4) is 0 Å². The van der Waals surface area contributed by atoms with Gasteiger partial charge in [-0.3, -0.25) is 0 Å². The van der Waals surface area contributed by atoms with Gasteiger partial charge in [-0.05, 0) is 63.0 Å². The zero-order valence-corrected chi connectivity index (χ0v) is 12.8. The maximum Gasteiger partial charge on any atom is 0.115 e. The Kier molecular flexibility index (Phi) is 5.86.